The van der Waals surface area contributed by atoms with Crippen molar-refractivity contribution >= 4 is 10.0 Å². The van der Waals surface area contributed by atoms with Gasteiger partial charge in [0.05, 0.1) is 4.90 Å². The highest BCUT2D eigenvalue weighted by Crippen LogP contribution is 2.30. The lowest BCUT2D eigenvalue weighted by molar-refractivity contribution is 0.126. The van der Waals surface area contributed by atoms with Gasteiger partial charge in [-0.05, 0) is 68.0 Å². The minimum absolute atomic E-state index is 0.215. The van der Waals surface area contributed by atoms with Crippen LogP contribution in [-0.4, -0.2) is 33.0 Å². The summed E-state index contributed by atoms with van der Waals surface area (Å²) in [6.07, 6.45) is 4.24. The molecule has 0 bridgehead atoms. The Bertz CT molecular complexity index is 1050. The number of rotatable bonds is 9. The Labute approximate surface area is 192 Å². The molecular formula is C27H32N2O2S. The summed E-state index contributed by atoms with van der Waals surface area (Å²) in [4.78, 5) is 2.85. The van der Waals surface area contributed by atoms with Crippen LogP contribution in [0.1, 0.15) is 36.4 Å². The van der Waals surface area contributed by atoms with Crippen molar-refractivity contribution in [3.63, 3.8) is 0 Å². The zero-order valence-corrected chi connectivity index (χ0v) is 19.3. The molecule has 5 heteroatoms. The Morgan fingerprint density at radius 1 is 0.812 bits per heavy atom. The van der Waals surface area contributed by atoms with E-state index in [1.807, 2.05) is 12.1 Å². The lowest BCUT2D eigenvalue weighted by Gasteiger charge is -2.38. The zero-order valence-electron chi connectivity index (χ0n) is 18.4. The van der Waals surface area contributed by atoms with E-state index < -0.39 is 10.0 Å². The van der Waals surface area contributed by atoms with Crippen LogP contribution in [0.15, 0.2) is 95.9 Å². The molecule has 4 nitrogen and oxygen atoms in total. The van der Waals surface area contributed by atoms with Gasteiger partial charge in [-0.15, -0.1) is 0 Å². The number of benzene rings is 3. The molecule has 0 radical (unpaired) electrons. The Morgan fingerprint density at radius 2 is 1.38 bits per heavy atom. The van der Waals surface area contributed by atoms with Crippen molar-refractivity contribution in [1.29, 1.82) is 0 Å². The largest absolute Gasteiger partial charge is 0.296 e. The second-order valence-corrected chi connectivity index (χ2v) is 10.4. The maximum atomic E-state index is 12.6. The quantitative estimate of drug-likeness (QED) is 0.498. The molecule has 1 aliphatic rings. The van der Waals surface area contributed by atoms with Crippen LogP contribution in [0.25, 0.3) is 0 Å². The van der Waals surface area contributed by atoms with Gasteiger partial charge in [0.25, 0.3) is 0 Å². The molecule has 1 aliphatic heterocycles. The molecule has 1 N–H and O–H groups in total. The van der Waals surface area contributed by atoms with Crippen molar-refractivity contribution in [3.05, 3.63) is 102 Å². The summed E-state index contributed by atoms with van der Waals surface area (Å²) in [5.74, 6) is 0.710. The van der Waals surface area contributed by atoms with Gasteiger partial charge in [-0.1, -0.05) is 78.9 Å². The molecule has 1 unspecified atom stereocenters. The van der Waals surface area contributed by atoms with E-state index in [9.17, 15) is 8.42 Å². The molecule has 3 aromatic rings. The van der Waals surface area contributed by atoms with Crippen molar-refractivity contribution in [2.24, 2.45) is 5.92 Å². The standard InChI is InChI=1S/C27H32N2O2S/c30-32(31,26-14-8-3-9-15-26)28-19-16-27(25-12-6-2-7-13-25)29-20-17-24(18-21-29)22-23-10-4-1-5-11-23/h1-15,24,27-28H,16-22H2. The second kappa shape index (κ2) is 10.9. The van der Waals surface area contributed by atoms with Gasteiger partial charge in [-0.25, -0.2) is 13.1 Å². The first kappa shape index (κ1) is 22.7. The number of hydrogen-bond acceptors (Lipinski definition) is 3. The van der Waals surface area contributed by atoms with E-state index in [-0.39, 0.29) is 6.04 Å². The fraction of sp³-hybridized carbons (Fsp3) is 0.333. The van der Waals surface area contributed by atoms with Crippen LogP contribution in [0.5, 0.6) is 0 Å². The maximum absolute atomic E-state index is 12.6. The molecule has 0 amide bonds. The average Bonchev–Trinajstić information content (AvgIpc) is 2.84. The first-order valence-electron chi connectivity index (χ1n) is 11.5. The van der Waals surface area contributed by atoms with Gasteiger partial charge in [0.2, 0.25) is 10.0 Å². The molecular weight excluding hydrogens is 416 g/mol. The molecule has 4 rings (SSSR count). The Hall–Kier alpha value is -2.47. The summed E-state index contributed by atoms with van der Waals surface area (Å²) in [6.45, 7) is 2.51. The molecule has 1 heterocycles. The predicted molar refractivity (Wildman–Crippen MR) is 130 cm³/mol. The summed E-state index contributed by atoms with van der Waals surface area (Å²) in [6, 6.07) is 30.0. The van der Waals surface area contributed by atoms with E-state index in [2.05, 4.69) is 64.2 Å². The lowest BCUT2D eigenvalue weighted by Crippen LogP contribution is -2.39. The fourth-order valence-corrected chi connectivity index (χ4v) is 5.73. The summed E-state index contributed by atoms with van der Waals surface area (Å²) in [5, 5.41) is 0. The van der Waals surface area contributed by atoms with Gasteiger partial charge >= 0.3 is 0 Å². The van der Waals surface area contributed by atoms with Crippen molar-refractivity contribution < 1.29 is 8.42 Å². The summed E-state index contributed by atoms with van der Waals surface area (Å²) in [5.41, 5.74) is 2.67. The third-order valence-corrected chi connectivity index (χ3v) is 7.88. The summed E-state index contributed by atoms with van der Waals surface area (Å²) < 4.78 is 28.0. The highest BCUT2D eigenvalue weighted by molar-refractivity contribution is 7.89. The van der Waals surface area contributed by atoms with E-state index in [0.29, 0.717) is 17.4 Å². The SMILES string of the molecule is O=S(=O)(NCCC(c1ccccc1)N1CCC(Cc2ccccc2)CC1)c1ccccc1. The van der Waals surface area contributed by atoms with Crippen LogP contribution in [0.2, 0.25) is 0 Å². The minimum Gasteiger partial charge on any atom is -0.296 e. The summed E-state index contributed by atoms with van der Waals surface area (Å²) in [7, 11) is -3.48. The molecule has 0 aliphatic carbocycles. The van der Waals surface area contributed by atoms with Crippen molar-refractivity contribution in [2.75, 3.05) is 19.6 Å². The summed E-state index contributed by atoms with van der Waals surface area (Å²) >= 11 is 0. The molecule has 0 saturated carbocycles. The van der Waals surface area contributed by atoms with Gasteiger partial charge < -0.3 is 0 Å². The van der Waals surface area contributed by atoms with Crippen molar-refractivity contribution in [1.82, 2.24) is 9.62 Å². The van der Waals surface area contributed by atoms with Crippen LogP contribution in [0.4, 0.5) is 0 Å². The Balaban J connectivity index is 1.37. The number of likely N-dealkylation sites (tertiary alicyclic amines) is 1. The number of nitrogens with zero attached hydrogens (tertiary/aromatic N) is 1. The monoisotopic (exact) mass is 448 g/mol. The smallest absolute Gasteiger partial charge is 0.240 e. The van der Waals surface area contributed by atoms with Crippen LogP contribution < -0.4 is 4.72 Å². The molecule has 0 aromatic heterocycles. The van der Waals surface area contributed by atoms with Crippen molar-refractivity contribution in [3.8, 4) is 0 Å². The van der Waals surface area contributed by atoms with Gasteiger partial charge in [-0.3, -0.25) is 4.90 Å². The fourth-order valence-electron chi connectivity index (χ4n) is 4.66. The number of piperidine rings is 1. The van der Waals surface area contributed by atoms with Gasteiger partial charge in [0.15, 0.2) is 0 Å². The van der Waals surface area contributed by atoms with Gasteiger partial charge in [0, 0.05) is 12.6 Å². The minimum atomic E-state index is -3.48. The molecule has 1 fully saturated rings. The van der Waals surface area contributed by atoms with Crippen LogP contribution in [0, 0.1) is 5.92 Å². The van der Waals surface area contributed by atoms with E-state index in [1.54, 1.807) is 24.3 Å². The van der Waals surface area contributed by atoms with Crippen molar-refractivity contribution in [2.45, 2.75) is 36.6 Å². The number of hydrogen-bond donors (Lipinski definition) is 1. The van der Waals surface area contributed by atoms with E-state index >= 15 is 0 Å². The lowest BCUT2D eigenvalue weighted by atomic mass is 9.88. The highest BCUT2D eigenvalue weighted by atomic mass is 32.2. The molecule has 3 aromatic carbocycles. The Kier molecular flexibility index (Phi) is 7.74. The third-order valence-electron chi connectivity index (χ3n) is 6.40. The maximum Gasteiger partial charge on any atom is 0.240 e. The highest BCUT2D eigenvalue weighted by Gasteiger charge is 2.26. The topological polar surface area (TPSA) is 49.4 Å². The van der Waals surface area contributed by atoms with Crippen LogP contribution in [0.3, 0.4) is 0 Å². The normalized spacial score (nSPS) is 16.6. The van der Waals surface area contributed by atoms with Gasteiger partial charge in [0.1, 0.15) is 0 Å². The number of sulfonamides is 1. The van der Waals surface area contributed by atoms with Gasteiger partial charge in [-0.2, -0.15) is 0 Å². The molecule has 1 saturated heterocycles. The van der Waals surface area contributed by atoms with E-state index in [4.69, 9.17) is 0 Å². The predicted octanol–water partition coefficient (Wildman–Crippen LogP) is 5.05. The molecule has 0 spiro atoms. The molecule has 32 heavy (non-hydrogen) atoms. The third kappa shape index (κ3) is 6.06. The number of nitrogens with one attached hydrogen (secondary N) is 1. The first-order chi connectivity index (χ1) is 15.6. The zero-order chi connectivity index (χ0) is 22.2. The van der Waals surface area contributed by atoms with Crippen LogP contribution in [-0.2, 0) is 16.4 Å². The first-order valence-corrected chi connectivity index (χ1v) is 13.0. The Morgan fingerprint density at radius 3 is 2.00 bits per heavy atom. The average molecular weight is 449 g/mol. The van der Waals surface area contributed by atoms with Crippen LogP contribution >= 0.6 is 0 Å². The van der Waals surface area contributed by atoms with E-state index in [1.165, 1.54) is 24.0 Å². The second-order valence-electron chi connectivity index (χ2n) is 8.60. The molecule has 168 valence electrons. The molecule has 1 atom stereocenters. The van der Waals surface area contributed by atoms with E-state index in [0.717, 1.165) is 25.9 Å².